The van der Waals surface area contributed by atoms with Crippen LogP contribution in [0.3, 0.4) is 0 Å². The molecule has 0 aromatic heterocycles. The second-order valence-electron chi connectivity index (χ2n) is 4.49. The lowest BCUT2D eigenvalue weighted by Crippen LogP contribution is -2.42. The Labute approximate surface area is 129 Å². The molecule has 0 bridgehead atoms. The van der Waals surface area contributed by atoms with E-state index >= 15 is 0 Å². The van der Waals surface area contributed by atoms with Crippen molar-refractivity contribution in [2.24, 2.45) is 5.73 Å². The number of benzene rings is 1. The monoisotopic (exact) mass is 328 g/mol. The molecule has 0 spiro atoms. The lowest BCUT2D eigenvalue weighted by atomic mass is 10.2. The van der Waals surface area contributed by atoms with Crippen LogP contribution in [0.2, 0.25) is 0 Å². The van der Waals surface area contributed by atoms with Gasteiger partial charge in [0.05, 0.1) is 12.0 Å². The van der Waals surface area contributed by atoms with Crippen LogP contribution in [-0.4, -0.2) is 40.0 Å². The maximum atomic E-state index is 12.2. The molecular weight excluding hydrogens is 308 g/mol. The molecule has 0 aliphatic carbocycles. The van der Waals surface area contributed by atoms with E-state index in [2.05, 4.69) is 14.8 Å². The maximum Gasteiger partial charge on any atom is 0.323 e. The largest absolute Gasteiger partial charge is 0.468 e. The van der Waals surface area contributed by atoms with E-state index in [-0.39, 0.29) is 17.3 Å². The number of carbonyl (C=O) groups excluding carboxylic acids is 1. The number of guanidine groups is 1. The van der Waals surface area contributed by atoms with Crippen molar-refractivity contribution in [2.75, 3.05) is 13.7 Å². The first-order valence-electron chi connectivity index (χ1n) is 6.60. The Hall–Kier alpha value is -2.13. The molecule has 1 aromatic carbocycles. The van der Waals surface area contributed by atoms with E-state index in [0.717, 1.165) is 0 Å². The molecule has 0 amide bonds. The van der Waals surface area contributed by atoms with E-state index < -0.39 is 22.0 Å². The highest BCUT2D eigenvalue weighted by atomic mass is 32.2. The van der Waals surface area contributed by atoms with E-state index in [4.69, 9.17) is 11.1 Å². The van der Waals surface area contributed by atoms with Gasteiger partial charge in [-0.05, 0) is 25.0 Å². The highest BCUT2D eigenvalue weighted by Crippen LogP contribution is 2.10. The van der Waals surface area contributed by atoms with Crippen molar-refractivity contribution in [1.82, 2.24) is 10.0 Å². The SMILES string of the molecule is COC(=O)[C@H](CCCNC(=N)N)NS(=O)(=O)c1ccccc1. The number of hydrogen-bond donors (Lipinski definition) is 4. The molecule has 0 heterocycles. The quantitative estimate of drug-likeness (QED) is 0.225. The smallest absolute Gasteiger partial charge is 0.323 e. The zero-order chi connectivity index (χ0) is 16.6. The normalized spacial score (nSPS) is 12.4. The van der Waals surface area contributed by atoms with Gasteiger partial charge in [0, 0.05) is 6.54 Å². The predicted octanol–water partition coefficient (Wildman–Crippen LogP) is -0.230. The van der Waals surface area contributed by atoms with Gasteiger partial charge in [-0.1, -0.05) is 18.2 Å². The van der Waals surface area contributed by atoms with Crippen LogP contribution in [0.5, 0.6) is 0 Å². The average molecular weight is 328 g/mol. The van der Waals surface area contributed by atoms with E-state index in [1.807, 2.05) is 0 Å². The van der Waals surface area contributed by atoms with Gasteiger partial charge in [-0.15, -0.1) is 0 Å². The Morgan fingerprint density at radius 2 is 2.00 bits per heavy atom. The zero-order valence-electron chi connectivity index (χ0n) is 12.2. The number of esters is 1. The van der Waals surface area contributed by atoms with E-state index in [1.54, 1.807) is 18.2 Å². The van der Waals surface area contributed by atoms with Crippen molar-refractivity contribution >= 4 is 22.0 Å². The number of sulfonamides is 1. The summed E-state index contributed by atoms with van der Waals surface area (Å²) >= 11 is 0. The standard InChI is InChI=1S/C13H20N4O4S/c1-21-12(18)11(8-5-9-16-13(14)15)17-22(19,20)10-6-3-2-4-7-10/h2-4,6-7,11,17H,5,8-9H2,1H3,(H4,14,15,16)/t11-/m0/s1. The third-order valence-electron chi connectivity index (χ3n) is 2.82. The van der Waals surface area contributed by atoms with Crippen LogP contribution >= 0.6 is 0 Å². The zero-order valence-corrected chi connectivity index (χ0v) is 13.0. The molecule has 0 fully saturated rings. The Balaban J connectivity index is 2.72. The minimum Gasteiger partial charge on any atom is -0.468 e. The van der Waals surface area contributed by atoms with Crippen molar-refractivity contribution < 1.29 is 17.9 Å². The van der Waals surface area contributed by atoms with Crippen LogP contribution in [0.1, 0.15) is 12.8 Å². The van der Waals surface area contributed by atoms with Gasteiger partial charge in [-0.2, -0.15) is 4.72 Å². The van der Waals surface area contributed by atoms with Gasteiger partial charge in [0.1, 0.15) is 6.04 Å². The van der Waals surface area contributed by atoms with Gasteiger partial charge in [-0.3, -0.25) is 10.2 Å². The first kappa shape index (κ1) is 17.9. The number of rotatable bonds is 8. The van der Waals surface area contributed by atoms with Crippen LogP contribution in [0, 0.1) is 5.41 Å². The average Bonchev–Trinajstić information content (AvgIpc) is 2.50. The number of methoxy groups -OCH3 is 1. The Kier molecular flexibility index (Phi) is 6.80. The summed E-state index contributed by atoms with van der Waals surface area (Å²) in [5, 5.41) is 9.60. The molecule has 0 aliphatic rings. The fourth-order valence-electron chi connectivity index (χ4n) is 1.75. The third kappa shape index (κ3) is 5.70. The highest BCUT2D eigenvalue weighted by molar-refractivity contribution is 7.89. The van der Waals surface area contributed by atoms with Crippen LogP contribution in [-0.2, 0) is 19.6 Å². The Morgan fingerprint density at radius 1 is 1.36 bits per heavy atom. The van der Waals surface area contributed by atoms with Crippen molar-refractivity contribution in [3.05, 3.63) is 30.3 Å². The van der Waals surface area contributed by atoms with Crippen molar-refractivity contribution in [3.63, 3.8) is 0 Å². The molecule has 0 saturated carbocycles. The van der Waals surface area contributed by atoms with E-state index in [1.165, 1.54) is 19.2 Å². The summed E-state index contributed by atoms with van der Waals surface area (Å²) in [6.45, 7) is 0.357. The third-order valence-corrected chi connectivity index (χ3v) is 4.31. The topological polar surface area (TPSA) is 134 Å². The predicted molar refractivity (Wildman–Crippen MR) is 81.7 cm³/mol. The lowest BCUT2D eigenvalue weighted by molar-refractivity contribution is -0.142. The summed E-state index contributed by atoms with van der Waals surface area (Å²) in [4.78, 5) is 11.8. The minimum atomic E-state index is -3.81. The van der Waals surface area contributed by atoms with Gasteiger partial charge < -0.3 is 15.8 Å². The molecule has 0 unspecified atom stereocenters. The fourth-order valence-corrected chi connectivity index (χ4v) is 2.99. The molecule has 5 N–H and O–H groups in total. The fraction of sp³-hybridized carbons (Fsp3) is 0.385. The van der Waals surface area contributed by atoms with Crippen LogP contribution in [0.4, 0.5) is 0 Å². The Morgan fingerprint density at radius 3 is 2.55 bits per heavy atom. The number of ether oxygens (including phenoxy) is 1. The summed E-state index contributed by atoms with van der Waals surface area (Å²) in [6.07, 6.45) is 0.662. The summed E-state index contributed by atoms with van der Waals surface area (Å²) in [5.41, 5.74) is 5.14. The van der Waals surface area contributed by atoms with Gasteiger partial charge in [0.25, 0.3) is 0 Å². The molecule has 122 valence electrons. The van der Waals surface area contributed by atoms with Crippen molar-refractivity contribution in [2.45, 2.75) is 23.8 Å². The van der Waals surface area contributed by atoms with E-state index in [0.29, 0.717) is 13.0 Å². The van der Waals surface area contributed by atoms with E-state index in [9.17, 15) is 13.2 Å². The molecular formula is C13H20N4O4S. The van der Waals surface area contributed by atoms with Gasteiger partial charge in [0.2, 0.25) is 10.0 Å². The van der Waals surface area contributed by atoms with Gasteiger partial charge in [-0.25, -0.2) is 8.42 Å². The molecule has 1 rings (SSSR count). The number of nitrogens with one attached hydrogen (secondary N) is 3. The summed E-state index contributed by atoms with van der Waals surface area (Å²) < 4.78 is 31.4. The second-order valence-corrected chi connectivity index (χ2v) is 6.21. The number of nitrogens with two attached hydrogens (primary N) is 1. The Bertz CT molecular complexity index is 604. The van der Waals surface area contributed by atoms with Gasteiger partial charge >= 0.3 is 5.97 Å². The molecule has 0 aliphatic heterocycles. The molecule has 22 heavy (non-hydrogen) atoms. The molecule has 9 heteroatoms. The lowest BCUT2D eigenvalue weighted by Gasteiger charge is -2.16. The first-order valence-corrected chi connectivity index (χ1v) is 8.08. The van der Waals surface area contributed by atoms with Crippen molar-refractivity contribution in [1.29, 1.82) is 5.41 Å². The minimum absolute atomic E-state index is 0.0748. The molecule has 1 atom stereocenters. The maximum absolute atomic E-state index is 12.2. The number of carbonyl (C=O) groups is 1. The first-order chi connectivity index (χ1) is 10.4. The van der Waals surface area contributed by atoms with Crippen LogP contribution in [0.25, 0.3) is 0 Å². The summed E-state index contributed by atoms with van der Waals surface area (Å²) in [5.74, 6) is -0.846. The molecule has 0 radical (unpaired) electrons. The van der Waals surface area contributed by atoms with Crippen LogP contribution < -0.4 is 15.8 Å². The molecule has 0 saturated heterocycles. The second kappa shape index (κ2) is 8.35. The van der Waals surface area contributed by atoms with Crippen molar-refractivity contribution in [3.8, 4) is 0 Å². The summed E-state index contributed by atoms with van der Waals surface area (Å²) in [7, 11) is -2.61. The highest BCUT2D eigenvalue weighted by Gasteiger charge is 2.25. The van der Waals surface area contributed by atoms with Crippen LogP contribution in [0.15, 0.2) is 35.2 Å². The summed E-state index contributed by atoms with van der Waals surface area (Å²) in [6, 6.07) is 6.77. The number of hydrogen-bond acceptors (Lipinski definition) is 5. The molecule has 8 nitrogen and oxygen atoms in total. The van der Waals surface area contributed by atoms with Gasteiger partial charge in [0.15, 0.2) is 5.96 Å². The molecule has 1 aromatic rings.